The average molecular weight is 319 g/mol. The van der Waals surface area contributed by atoms with E-state index < -0.39 is 31.7 Å². The molecular formula is C9H7ClF4N2O2S. The van der Waals surface area contributed by atoms with Crippen molar-refractivity contribution in [3.8, 4) is 0 Å². The largest absolute Gasteiger partial charge is 0.501 e. The molecule has 0 aliphatic rings. The molecular weight excluding hydrogens is 312 g/mol. The number of nitrogens with two attached hydrogens (primary N) is 1. The molecule has 0 heterocycles. The topological polar surface area (TPSA) is 72.5 Å². The summed E-state index contributed by atoms with van der Waals surface area (Å²) in [5.41, 5.74) is -0.984. The zero-order valence-electron chi connectivity index (χ0n) is 9.08. The molecule has 19 heavy (non-hydrogen) atoms. The Morgan fingerprint density at radius 1 is 1.37 bits per heavy atom. The van der Waals surface area contributed by atoms with E-state index in [9.17, 15) is 26.0 Å². The molecule has 0 unspecified atom stereocenters. The molecule has 0 aromatic heterocycles. The minimum atomic E-state index is -5.73. The second-order valence-electron chi connectivity index (χ2n) is 3.30. The van der Waals surface area contributed by atoms with Gasteiger partial charge >= 0.3 is 5.51 Å². The van der Waals surface area contributed by atoms with Crippen LogP contribution in [-0.2, 0) is 9.84 Å². The van der Waals surface area contributed by atoms with Crippen molar-refractivity contribution in [2.45, 2.75) is 10.4 Å². The number of benzene rings is 1. The highest BCUT2D eigenvalue weighted by molar-refractivity contribution is 7.92. The summed E-state index contributed by atoms with van der Waals surface area (Å²) in [6.45, 7) is 0. The number of rotatable bonds is 3. The van der Waals surface area contributed by atoms with Crippen LogP contribution in [0.15, 0.2) is 28.1 Å². The number of nitrogens with zero attached hydrogens (tertiary/aromatic N) is 1. The second kappa shape index (κ2) is 5.33. The fourth-order valence-corrected chi connectivity index (χ4v) is 2.07. The first-order chi connectivity index (χ1) is 8.59. The number of hydrogen-bond donors (Lipinski definition) is 1. The maximum atomic E-state index is 12.9. The smallest absolute Gasteiger partial charge is 0.386 e. The van der Waals surface area contributed by atoms with Gasteiger partial charge in [-0.2, -0.15) is 13.2 Å². The number of alkyl halides is 4. The molecule has 1 aromatic carbocycles. The first kappa shape index (κ1) is 15.7. The van der Waals surface area contributed by atoms with Crippen LogP contribution in [0.2, 0.25) is 0 Å². The Balaban J connectivity index is 3.55. The molecule has 0 aliphatic carbocycles. The van der Waals surface area contributed by atoms with Gasteiger partial charge in [0.2, 0.25) is 0 Å². The maximum absolute atomic E-state index is 12.9. The van der Waals surface area contributed by atoms with Gasteiger partial charge in [-0.25, -0.2) is 17.8 Å². The van der Waals surface area contributed by atoms with E-state index in [0.717, 1.165) is 12.1 Å². The third kappa shape index (κ3) is 3.35. The molecule has 0 radical (unpaired) electrons. The minimum Gasteiger partial charge on any atom is -0.386 e. The maximum Gasteiger partial charge on any atom is 0.501 e. The van der Waals surface area contributed by atoms with Crippen molar-refractivity contribution in [2.75, 3.05) is 5.88 Å². The van der Waals surface area contributed by atoms with Gasteiger partial charge in [-0.05, 0) is 18.2 Å². The van der Waals surface area contributed by atoms with Crippen LogP contribution in [0, 0.1) is 5.82 Å². The van der Waals surface area contributed by atoms with E-state index in [-0.39, 0.29) is 17.8 Å². The van der Waals surface area contributed by atoms with Crippen molar-refractivity contribution in [3.63, 3.8) is 0 Å². The summed E-state index contributed by atoms with van der Waals surface area (Å²) in [6, 6.07) is 1.76. The highest BCUT2D eigenvalue weighted by atomic mass is 35.5. The van der Waals surface area contributed by atoms with Gasteiger partial charge in [-0.3, -0.25) is 0 Å². The molecule has 0 saturated heterocycles. The van der Waals surface area contributed by atoms with Crippen LogP contribution in [0.25, 0.3) is 0 Å². The molecule has 0 aliphatic heterocycles. The lowest BCUT2D eigenvalue weighted by molar-refractivity contribution is -0.0435. The highest BCUT2D eigenvalue weighted by Crippen LogP contribution is 2.35. The molecule has 0 saturated carbocycles. The summed E-state index contributed by atoms with van der Waals surface area (Å²) < 4.78 is 72.8. The molecule has 0 bridgehead atoms. The molecule has 1 rings (SSSR count). The van der Waals surface area contributed by atoms with Gasteiger partial charge in [-0.15, -0.1) is 11.6 Å². The van der Waals surface area contributed by atoms with Crippen LogP contribution in [0.3, 0.4) is 0 Å². The zero-order valence-corrected chi connectivity index (χ0v) is 10.7. The number of aliphatic imine (C=N–C) groups is 1. The molecule has 4 nitrogen and oxygen atoms in total. The lowest BCUT2D eigenvalue weighted by Gasteiger charge is -2.10. The fraction of sp³-hybridized carbons (Fsp3) is 0.222. The molecule has 106 valence electrons. The molecule has 10 heteroatoms. The summed E-state index contributed by atoms with van der Waals surface area (Å²) in [5, 5.41) is 0. The Bertz CT molecular complexity index is 613. The summed E-state index contributed by atoms with van der Waals surface area (Å²) >= 11 is 5.29. The SMILES string of the molecule is NC(CCl)=Nc1ccc(F)cc1S(=O)(=O)C(F)(F)F. The quantitative estimate of drug-likeness (QED) is 0.402. The Morgan fingerprint density at radius 3 is 2.42 bits per heavy atom. The standard InChI is InChI=1S/C9H7ClF4N2O2S/c10-4-8(15)16-6-2-1-5(11)3-7(6)19(17,18)9(12,13)14/h1-3H,4H2,(H2,15,16). The predicted molar refractivity (Wildman–Crippen MR) is 61.6 cm³/mol. The fourth-order valence-electron chi connectivity index (χ4n) is 1.10. The van der Waals surface area contributed by atoms with Crippen LogP contribution >= 0.6 is 11.6 Å². The van der Waals surface area contributed by atoms with Crippen molar-refractivity contribution >= 4 is 33.0 Å². The molecule has 0 amide bonds. The van der Waals surface area contributed by atoms with Gasteiger partial charge in [0.05, 0.1) is 11.6 Å². The third-order valence-electron chi connectivity index (χ3n) is 1.92. The number of halogens is 5. The van der Waals surface area contributed by atoms with Crippen LogP contribution in [0.4, 0.5) is 23.2 Å². The van der Waals surface area contributed by atoms with Crippen LogP contribution in [-0.4, -0.2) is 25.6 Å². The van der Waals surface area contributed by atoms with Gasteiger partial charge in [0, 0.05) is 0 Å². The normalized spacial score (nSPS) is 13.6. The Morgan fingerprint density at radius 2 is 1.95 bits per heavy atom. The van der Waals surface area contributed by atoms with Gasteiger partial charge < -0.3 is 5.73 Å². The van der Waals surface area contributed by atoms with Gasteiger partial charge in [0.25, 0.3) is 9.84 Å². The molecule has 0 spiro atoms. The first-order valence-electron chi connectivity index (χ1n) is 4.59. The lowest BCUT2D eigenvalue weighted by Crippen LogP contribution is -2.23. The van der Waals surface area contributed by atoms with E-state index in [4.69, 9.17) is 17.3 Å². The van der Waals surface area contributed by atoms with Crippen LogP contribution in [0.1, 0.15) is 0 Å². The lowest BCUT2D eigenvalue weighted by atomic mass is 10.3. The van der Waals surface area contributed by atoms with Gasteiger partial charge in [-0.1, -0.05) is 0 Å². The van der Waals surface area contributed by atoms with E-state index in [2.05, 4.69) is 4.99 Å². The monoisotopic (exact) mass is 318 g/mol. The van der Waals surface area contributed by atoms with Crippen molar-refractivity contribution in [2.24, 2.45) is 10.7 Å². The van der Waals surface area contributed by atoms with E-state index in [1.165, 1.54) is 0 Å². The average Bonchev–Trinajstić information content (AvgIpc) is 2.29. The third-order valence-corrected chi connectivity index (χ3v) is 3.71. The van der Waals surface area contributed by atoms with Crippen molar-refractivity contribution in [1.82, 2.24) is 0 Å². The van der Waals surface area contributed by atoms with Gasteiger partial charge in [0.1, 0.15) is 16.5 Å². The highest BCUT2D eigenvalue weighted by Gasteiger charge is 2.48. The van der Waals surface area contributed by atoms with E-state index in [0.29, 0.717) is 0 Å². The zero-order chi connectivity index (χ0) is 14.8. The molecule has 0 atom stereocenters. The predicted octanol–water partition coefficient (Wildman–Crippen LogP) is 2.35. The van der Waals surface area contributed by atoms with E-state index in [1.807, 2.05) is 0 Å². The molecule has 2 N–H and O–H groups in total. The van der Waals surface area contributed by atoms with E-state index in [1.54, 1.807) is 0 Å². The summed E-state index contributed by atoms with van der Waals surface area (Å²) in [4.78, 5) is 2.10. The molecule has 1 aromatic rings. The number of sulfone groups is 1. The van der Waals surface area contributed by atoms with Crippen molar-refractivity contribution < 1.29 is 26.0 Å². The summed E-state index contributed by atoms with van der Waals surface area (Å²) in [5.74, 6) is -1.76. The van der Waals surface area contributed by atoms with Gasteiger partial charge in [0.15, 0.2) is 0 Å². The Kier molecular flexibility index (Phi) is 4.41. The van der Waals surface area contributed by atoms with E-state index >= 15 is 0 Å². The Labute approximate surface area is 110 Å². The second-order valence-corrected chi connectivity index (χ2v) is 5.47. The van der Waals surface area contributed by atoms with Crippen LogP contribution < -0.4 is 5.73 Å². The van der Waals surface area contributed by atoms with Crippen LogP contribution in [0.5, 0.6) is 0 Å². The molecule has 0 fully saturated rings. The van der Waals surface area contributed by atoms with Crippen molar-refractivity contribution in [3.05, 3.63) is 24.0 Å². The summed E-state index contributed by atoms with van der Waals surface area (Å²) in [7, 11) is -5.73. The Hall–Kier alpha value is -1.35. The summed E-state index contributed by atoms with van der Waals surface area (Å²) in [6.07, 6.45) is 0. The van der Waals surface area contributed by atoms with Crippen molar-refractivity contribution in [1.29, 1.82) is 0 Å². The number of hydrogen-bond acceptors (Lipinski definition) is 3. The first-order valence-corrected chi connectivity index (χ1v) is 6.61. The number of amidine groups is 1. The minimum absolute atomic E-state index is 0.225.